The lowest BCUT2D eigenvalue weighted by Gasteiger charge is -2.35. The Labute approximate surface area is 196 Å². The van der Waals surface area contributed by atoms with E-state index in [1.54, 1.807) is 26.8 Å². The molecule has 2 aliphatic rings. The molecule has 0 bridgehead atoms. The largest absolute Gasteiger partial charge is 0.493 e. The summed E-state index contributed by atoms with van der Waals surface area (Å²) in [5, 5.41) is 0. The molecule has 1 aliphatic carbocycles. The first-order chi connectivity index (χ1) is 15.9. The number of hydrogen-bond donors (Lipinski definition) is 0. The van der Waals surface area contributed by atoms with Crippen molar-refractivity contribution in [3.8, 4) is 11.5 Å². The van der Waals surface area contributed by atoms with Crippen LogP contribution in [0.15, 0.2) is 18.3 Å². The van der Waals surface area contributed by atoms with Crippen molar-refractivity contribution < 1.29 is 32.6 Å². The minimum Gasteiger partial charge on any atom is -0.493 e. The Morgan fingerprint density at radius 3 is 2.21 bits per heavy atom. The van der Waals surface area contributed by atoms with Gasteiger partial charge in [-0.25, -0.2) is 18.6 Å². The highest BCUT2D eigenvalue weighted by molar-refractivity contribution is 6.05. The van der Waals surface area contributed by atoms with E-state index in [1.807, 2.05) is 0 Å². The molecular formula is C24H27F2N3O5. The zero-order valence-electron chi connectivity index (χ0n) is 20.0. The fourth-order valence-electron chi connectivity index (χ4n) is 4.17. The van der Waals surface area contributed by atoms with E-state index in [2.05, 4.69) is 4.98 Å². The maximum Gasteiger partial charge on any atom is 0.415 e. The standard InChI is InChI=1S/C24H27F2N3O5/c1-23(2,3)34-22(31)28(4)17-9-14-13(11-27-17)12-29(21(30)24(14)7-8-24)20-18(25)15(32-5)10-16(33-6)19(20)26/h9-11H,7-8,12H2,1-6H3. The quantitative estimate of drug-likeness (QED) is 0.655. The molecule has 4 rings (SSSR count). The van der Waals surface area contributed by atoms with E-state index in [-0.39, 0.29) is 18.0 Å². The Morgan fingerprint density at radius 1 is 1.12 bits per heavy atom. The minimum absolute atomic E-state index is 0.0937. The maximum atomic E-state index is 15.2. The van der Waals surface area contributed by atoms with Crippen LogP contribution in [0, 0.1) is 11.6 Å². The molecule has 0 unspecified atom stereocenters. The van der Waals surface area contributed by atoms with Gasteiger partial charge in [0.15, 0.2) is 23.1 Å². The average molecular weight is 475 g/mol. The number of carbonyl (C=O) groups excluding carboxylic acids is 2. The second kappa shape index (κ2) is 8.11. The zero-order chi connectivity index (χ0) is 25.0. The molecule has 1 fully saturated rings. The van der Waals surface area contributed by atoms with Crippen LogP contribution in [0.2, 0.25) is 0 Å². The number of benzene rings is 1. The Bertz CT molecular complexity index is 1150. The monoisotopic (exact) mass is 475 g/mol. The lowest BCUT2D eigenvalue weighted by molar-refractivity contribution is -0.121. The number of methoxy groups -OCH3 is 2. The van der Waals surface area contributed by atoms with Crippen molar-refractivity contribution in [2.75, 3.05) is 31.1 Å². The predicted molar refractivity (Wildman–Crippen MR) is 120 cm³/mol. The average Bonchev–Trinajstić information content (AvgIpc) is 3.57. The van der Waals surface area contributed by atoms with Gasteiger partial charge in [-0.3, -0.25) is 9.69 Å². The number of carbonyl (C=O) groups is 2. The van der Waals surface area contributed by atoms with Crippen molar-refractivity contribution in [1.29, 1.82) is 0 Å². The van der Waals surface area contributed by atoms with E-state index < -0.39 is 40.3 Å². The number of ether oxygens (including phenoxy) is 3. The van der Waals surface area contributed by atoms with Gasteiger partial charge in [0.25, 0.3) is 0 Å². The van der Waals surface area contributed by atoms with Crippen LogP contribution in [0.4, 0.5) is 25.1 Å². The Balaban J connectivity index is 1.75. The van der Waals surface area contributed by atoms with Crippen molar-refractivity contribution in [2.45, 2.75) is 51.2 Å². The first-order valence-corrected chi connectivity index (χ1v) is 10.8. The smallest absolute Gasteiger partial charge is 0.415 e. The fraction of sp³-hybridized carbons (Fsp3) is 0.458. The van der Waals surface area contributed by atoms with E-state index in [4.69, 9.17) is 14.2 Å². The van der Waals surface area contributed by atoms with Crippen molar-refractivity contribution >= 4 is 23.5 Å². The number of amides is 2. The third-order valence-electron chi connectivity index (χ3n) is 6.05. The number of fused-ring (bicyclic) bond motifs is 2. The van der Waals surface area contributed by atoms with Crippen LogP contribution in [-0.2, 0) is 21.5 Å². The number of aromatic nitrogens is 1. The van der Waals surface area contributed by atoms with Crippen LogP contribution in [0.3, 0.4) is 0 Å². The Morgan fingerprint density at radius 2 is 1.71 bits per heavy atom. The molecule has 10 heteroatoms. The SMILES string of the molecule is COc1cc(OC)c(F)c(N2Cc3cnc(N(C)C(=O)OC(C)(C)C)cc3C3(CC3)C2=O)c1F. The normalized spacial score (nSPS) is 16.2. The number of halogens is 2. The summed E-state index contributed by atoms with van der Waals surface area (Å²) < 4.78 is 45.8. The van der Waals surface area contributed by atoms with E-state index in [0.29, 0.717) is 29.8 Å². The summed E-state index contributed by atoms with van der Waals surface area (Å²) in [6, 6.07) is 2.78. The van der Waals surface area contributed by atoms with Gasteiger partial charge in [-0.05, 0) is 50.8 Å². The van der Waals surface area contributed by atoms with Crippen LogP contribution in [-0.4, -0.2) is 43.9 Å². The highest BCUT2D eigenvalue weighted by atomic mass is 19.1. The summed E-state index contributed by atoms with van der Waals surface area (Å²) >= 11 is 0. The third kappa shape index (κ3) is 3.80. The topological polar surface area (TPSA) is 81.2 Å². The summed E-state index contributed by atoms with van der Waals surface area (Å²) in [5.41, 5.74) is -0.800. The molecule has 0 atom stereocenters. The second-order valence-corrected chi connectivity index (χ2v) is 9.47. The molecule has 0 N–H and O–H groups in total. The van der Waals surface area contributed by atoms with Gasteiger partial charge in [-0.1, -0.05) is 0 Å². The van der Waals surface area contributed by atoms with Crippen LogP contribution in [0.25, 0.3) is 0 Å². The summed E-state index contributed by atoms with van der Waals surface area (Å²) in [6.45, 7) is 5.19. The third-order valence-corrected chi connectivity index (χ3v) is 6.05. The molecule has 1 saturated carbocycles. The van der Waals surface area contributed by atoms with Crippen LogP contribution in [0.5, 0.6) is 11.5 Å². The highest BCUT2D eigenvalue weighted by Crippen LogP contribution is 2.55. The molecule has 8 nitrogen and oxygen atoms in total. The lowest BCUT2D eigenvalue weighted by Crippen LogP contribution is -2.45. The van der Waals surface area contributed by atoms with Crippen LogP contribution in [0.1, 0.15) is 44.7 Å². The van der Waals surface area contributed by atoms with Gasteiger partial charge >= 0.3 is 6.09 Å². The molecule has 2 heterocycles. The first-order valence-electron chi connectivity index (χ1n) is 10.8. The number of hydrogen-bond acceptors (Lipinski definition) is 6. The van der Waals surface area contributed by atoms with Crippen molar-refractivity contribution in [3.63, 3.8) is 0 Å². The number of anilines is 2. The highest BCUT2D eigenvalue weighted by Gasteiger charge is 2.57. The van der Waals surface area contributed by atoms with Gasteiger partial charge in [0.1, 0.15) is 17.1 Å². The van der Waals surface area contributed by atoms with E-state index >= 15 is 8.78 Å². The number of rotatable bonds is 4. The van der Waals surface area contributed by atoms with Crippen LogP contribution < -0.4 is 19.3 Å². The lowest BCUT2D eigenvalue weighted by atomic mass is 9.86. The minimum atomic E-state index is -0.984. The summed E-state index contributed by atoms with van der Waals surface area (Å²) in [6.07, 6.45) is 1.97. The summed E-state index contributed by atoms with van der Waals surface area (Å²) in [4.78, 5) is 32.8. The molecule has 1 aromatic carbocycles. The van der Waals surface area contributed by atoms with Gasteiger partial charge in [-0.2, -0.15) is 0 Å². The summed E-state index contributed by atoms with van der Waals surface area (Å²) in [7, 11) is 4.04. The zero-order valence-corrected chi connectivity index (χ0v) is 20.0. The molecule has 2 aromatic rings. The van der Waals surface area contributed by atoms with Gasteiger partial charge in [0, 0.05) is 19.3 Å². The van der Waals surface area contributed by atoms with E-state index in [1.165, 1.54) is 32.4 Å². The molecule has 1 aromatic heterocycles. The molecule has 1 spiro atoms. The second-order valence-electron chi connectivity index (χ2n) is 9.47. The Hall–Kier alpha value is -3.43. The molecule has 1 aliphatic heterocycles. The van der Waals surface area contributed by atoms with Gasteiger partial charge in [0.05, 0.1) is 26.2 Å². The molecule has 34 heavy (non-hydrogen) atoms. The number of nitrogens with zero attached hydrogens (tertiary/aromatic N) is 3. The summed E-state index contributed by atoms with van der Waals surface area (Å²) in [5.74, 6) is -2.54. The molecule has 0 radical (unpaired) electrons. The molecule has 2 amide bonds. The predicted octanol–water partition coefficient (Wildman–Crippen LogP) is 4.33. The Kier molecular flexibility index (Phi) is 5.65. The van der Waals surface area contributed by atoms with Gasteiger partial charge in [-0.15, -0.1) is 0 Å². The van der Waals surface area contributed by atoms with Crippen molar-refractivity contribution in [1.82, 2.24) is 4.98 Å². The van der Waals surface area contributed by atoms with Crippen molar-refractivity contribution in [2.24, 2.45) is 0 Å². The number of pyridine rings is 1. The van der Waals surface area contributed by atoms with E-state index in [0.717, 1.165) is 11.0 Å². The molecule has 0 saturated heterocycles. The van der Waals surface area contributed by atoms with Crippen molar-refractivity contribution in [3.05, 3.63) is 41.1 Å². The van der Waals surface area contributed by atoms with Gasteiger partial charge in [0.2, 0.25) is 5.91 Å². The first kappa shape index (κ1) is 23.7. The fourth-order valence-corrected chi connectivity index (χ4v) is 4.17. The van der Waals surface area contributed by atoms with E-state index in [9.17, 15) is 9.59 Å². The van der Waals surface area contributed by atoms with Gasteiger partial charge < -0.3 is 19.1 Å². The molecule has 182 valence electrons. The molecular weight excluding hydrogens is 448 g/mol. The maximum absolute atomic E-state index is 15.2. The van der Waals surface area contributed by atoms with Crippen LogP contribution >= 0.6 is 0 Å².